The quantitative estimate of drug-likeness (QED) is 0.718. The molecule has 0 radical (unpaired) electrons. The largest absolute Gasteiger partial charge is 0.310 e. The fraction of sp³-hybridized carbons (Fsp3) is 0.294. The average Bonchev–Trinajstić information content (AvgIpc) is 2.93. The van der Waals surface area contributed by atoms with E-state index >= 15 is 0 Å². The summed E-state index contributed by atoms with van der Waals surface area (Å²) in [6.07, 6.45) is 0.321. The lowest BCUT2D eigenvalue weighted by atomic mass is 10.2. The summed E-state index contributed by atoms with van der Waals surface area (Å²) in [5.41, 5.74) is 2.01. The molecule has 0 fully saturated rings. The minimum absolute atomic E-state index is 0.00300. The molecule has 0 aliphatic rings. The molecule has 0 bridgehead atoms. The molecule has 1 aromatic carbocycles. The average molecular weight is 392 g/mol. The number of amides is 1. The number of thiophene rings is 1. The highest BCUT2D eigenvalue weighted by molar-refractivity contribution is 9.11. The molecule has 23 heavy (non-hydrogen) atoms. The lowest BCUT2D eigenvalue weighted by Crippen LogP contribution is -2.39. The van der Waals surface area contributed by atoms with E-state index in [4.69, 9.17) is 5.26 Å². The zero-order valence-corrected chi connectivity index (χ0v) is 15.3. The Labute approximate surface area is 149 Å². The molecule has 6 heteroatoms. The van der Waals surface area contributed by atoms with E-state index in [2.05, 4.69) is 33.4 Å². The van der Waals surface area contributed by atoms with E-state index < -0.39 is 0 Å². The molecule has 2 rings (SSSR count). The van der Waals surface area contributed by atoms with E-state index in [1.807, 2.05) is 42.3 Å². The maximum Gasteiger partial charge on any atom is 0.241 e. The zero-order valence-electron chi connectivity index (χ0n) is 12.9. The zero-order chi connectivity index (χ0) is 16.7. The van der Waals surface area contributed by atoms with E-state index in [1.165, 1.54) is 5.56 Å². The molecule has 0 saturated heterocycles. The van der Waals surface area contributed by atoms with Crippen molar-refractivity contribution in [2.75, 3.05) is 25.0 Å². The predicted octanol–water partition coefficient (Wildman–Crippen LogP) is 3.89. The van der Waals surface area contributed by atoms with Gasteiger partial charge in [0.05, 0.1) is 22.8 Å². The van der Waals surface area contributed by atoms with Crippen LogP contribution in [0.15, 0.2) is 45.6 Å². The molecule has 0 saturated carbocycles. The summed E-state index contributed by atoms with van der Waals surface area (Å²) in [6.45, 7) is 1.44. The Morgan fingerprint density at radius 2 is 2.09 bits per heavy atom. The van der Waals surface area contributed by atoms with E-state index in [-0.39, 0.29) is 5.91 Å². The Morgan fingerprint density at radius 1 is 1.35 bits per heavy atom. The Balaban J connectivity index is 2.01. The molecule has 0 aliphatic carbocycles. The van der Waals surface area contributed by atoms with Crippen LogP contribution in [0.3, 0.4) is 0 Å². The smallest absolute Gasteiger partial charge is 0.241 e. The lowest BCUT2D eigenvalue weighted by molar-refractivity contribution is -0.119. The molecule has 1 aromatic heterocycles. The number of hydrogen-bond donors (Lipinski definition) is 0. The minimum atomic E-state index is 0.00300. The first-order valence-corrected chi connectivity index (χ1v) is 8.91. The number of carbonyl (C=O) groups excluding carboxylic acids is 1. The van der Waals surface area contributed by atoms with Crippen LogP contribution in [0.1, 0.15) is 12.0 Å². The molecule has 0 unspecified atom stereocenters. The van der Waals surface area contributed by atoms with Crippen molar-refractivity contribution in [2.24, 2.45) is 0 Å². The number of nitriles is 1. The summed E-state index contributed by atoms with van der Waals surface area (Å²) in [6, 6.07) is 13.7. The Morgan fingerprint density at radius 3 is 2.70 bits per heavy atom. The van der Waals surface area contributed by atoms with Crippen molar-refractivity contribution in [3.8, 4) is 6.07 Å². The molecule has 1 heterocycles. The van der Waals surface area contributed by atoms with E-state index in [0.717, 1.165) is 9.47 Å². The van der Waals surface area contributed by atoms with Crippen molar-refractivity contribution in [2.45, 2.75) is 13.0 Å². The van der Waals surface area contributed by atoms with Gasteiger partial charge in [-0.15, -0.1) is 11.3 Å². The maximum absolute atomic E-state index is 12.6. The van der Waals surface area contributed by atoms with Crippen molar-refractivity contribution >= 4 is 38.9 Å². The summed E-state index contributed by atoms with van der Waals surface area (Å²) in [5, 5.41) is 10.9. The monoisotopic (exact) mass is 391 g/mol. The van der Waals surface area contributed by atoms with Crippen LogP contribution in [0.2, 0.25) is 0 Å². The van der Waals surface area contributed by atoms with Gasteiger partial charge in [0.2, 0.25) is 5.91 Å². The number of benzene rings is 1. The van der Waals surface area contributed by atoms with Crippen molar-refractivity contribution < 1.29 is 4.79 Å². The summed E-state index contributed by atoms with van der Waals surface area (Å²) in [7, 11) is 1.93. The number of nitrogens with zero attached hydrogens (tertiary/aromatic N) is 3. The first kappa shape index (κ1) is 17.7. The Kier molecular flexibility index (Phi) is 6.78. The van der Waals surface area contributed by atoms with Gasteiger partial charge in [0.1, 0.15) is 0 Å². The second-order valence-electron chi connectivity index (χ2n) is 5.22. The molecule has 2 aromatic rings. The summed E-state index contributed by atoms with van der Waals surface area (Å²) in [4.78, 5) is 16.3. The van der Waals surface area contributed by atoms with Crippen LogP contribution in [-0.4, -0.2) is 30.9 Å². The number of likely N-dealkylation sites (N-methyl/N-ethyl adjacent to an activating group) is 1. The Hall–Kier alpha value is -1.68. The maximum atomic E-state index is 12.6. The van der Waals surface area contributed by atoms with Crippen molar-refractivity contribution in [1.82, 2.24) is 4.90 Å². The molecule has 1 amide bonds. The van der Waals surface area contributed by atoms with Crippen LogP contribution in [0.25, 0.3) is 0 Å². The molecular formula is C17H18BrN3OS. The van der Waals surface area contributed by atoms with Gasteiger partial charge < -0.3 is 4.90 Å². The molecule has 4 nitrogen and oxygen atoms in total. The lowest BCUT2D eigenvalue weighted by Gasteiger charge is -2.25. The molecule has 120 valence electrons. The van der Waals surface area contributed by atoms with Gasteiger partial charge in [0.25, 0.3) is 0 Å². The first-order chi connectivity index (χ1) is 11.1. The molecular weight excluding hydrogens is 374 g/mol. The van der Waals surface area contributed by atoms with Crippen molar-refractivity contribution in [1.29, 1.82) is 5.26 Å². The summed E-state index contributed by atoms with van der Waals surface area (Å²) in [5.74, 6) is 0.00300. The number of para-hydroxylation sites is 1. The second kappa shape index (κ2) is 8.82. The van der Waals surface area contributed by atoms with Gasteiger partial charge in [-0.25, -0.2) is 0 Å². The number of rotatable bonds is 7. The highest BCUT2D eigenvalue weighted by atomic mass is 79.9. The van der Waals surface area contributed by atoms with Crippen molar-refractivity contribution in [3.05, 3.63) is 51.1 Å². The van der Waals surface area contributed by atoms with Gasteiger partial charge >= 0.3 is 0 Å². The number of carbonyl (C=O) groups is 1. The van der Waals surface area contributed by atoms with Gasteiger partial charge in [-0.1, -0.05) is 18.2 Å². The second-order valence-corrected chi connectivity index (χ2v) is 7.51. The number of hydrogen-bond acceptors (Lipinski definition) is 4. The topological polar surface area (TPSA) is 47.3 Å². The predicted molar refractivity (Wildman–Crippen MR) is 97.4 cm³/mol. The summed E-state index contributed by atoms with van der Waals surface area (Å²) >= 11 is 5.09. The van der Waals surface area contributed by atoms with E-state index in [1.54, 1.807) is 16.2 Å². The molecule has 0 N–H and O–H groups in total. The van der Waals surface area contributed by atoms with Gasteiger partial charge in [-0.05, 0) is 52.1 Å². The normalized spacial score (nSPS) is 10.5. The molecule has 0 aliphatic heterocycles. The van der Waals surface area contributed by atoms with Crippen LogP contribution in [0.5, 0.6) is 0 Å². The number of halogens is 1. The third-order valence-electron chi connectivity index (χ3n) is 3.30. The third kappa shape index (κ3) is 5.47. The number of anilines is 1. The Bertz CT molecular complexity index is 681. The van der Waals surface area contributed by atoms with E-state index in [9.17, 15) is 4.79 Å². The van der Waals surface area contributed by atoms with Gasteiger partial charge in [0.15, 0.2) is 0 Å². The van der Waals surface area contributed by atoms with Crippen LogP contribution in [0.4, 0.5) is 5.69 Å². The minimum Gasteiger partial charge on any atom is -0.310 e. The molecule has 0 spiro atoms. The van der Waals surface area contributed by atoms with Crippen LogP contribution < -0.4 is 4.90 Å². The van der Waals surface area contributed by atoms with Crippen LogP contribution in [-0.2, 0) is 11.3 Å². The standard InChI is InChI=1S/C17H18BrN3OS/c1-20(11-14-10-16(18)23-13-14)12-17(22)21(9-5-8-19)15-6-3-2-4-7-15/h2-4,6-7,10,13H,5,9,11-12H2,1H3. The fourth-order valence-corrected chi connectivity index (χ4v) is 3.48. The third-order valence-corrected chi connectivity index (χ3v) is 4.85. The highest BCUT2D eigenvalue weighted by Crippen LogP contribution is 2.21. The van der Waals surface area contributed by atoms with Gasteiger partial charge in [-0.2, -0.15) is 5.26 Å². The van der Waals surface area contributed by atoms with Crippen LogP contribution in [0, 0.1) is 11.3 Å². The van der Waals surface area contributed by atoms with Gasteiger partial charge in [-0.3, -0.25) is 9.69 Å². The summed E-state index contributed by atoms with van der Waals surface area (Å²) < 4.78 is 1.09. The fourth-order valence-electron chi connectivity index (χ4n) is 2.28. The molecule has 0 atom stereocenters. The van der Waals surface area contributed by atoms with Crippen LogP contribution >= 0.6 is 27.3 Å². The SMILES string of the molecule is CN(CC(=O)N(CCC#N)c1ccccc1)Cc1csc(Br)c1. The highest BCUT2D eigenvalue weighted by Gasteiger charge is 2.17. The van der Waals surface area contributed by atoms with Gasteiger partial charge in [0, 0.05) is 18.8 Å². The van der Waals surface area contributed by atoms with Crippen molar-refractivity contribution in [3.63, 3.8) is 0 Å². The first-order valence-electron chi connectivity index (χ1n) is 7.24. The van der Waals surface area contributed by atoms with E-state index in [0.29, 0.717) is 26.1 Å².